The summed E-state index contributed by atoms with van der Waals surface area (Å²) in [6.07, 6.45) is 0.857. The van der Waals surface area contributed by atoms with Crippen LogP contribution in [0.4, 0.5) is 5.82 Å². The standard InChI is InChI=1S/C14H16BrN3/c1-4-11-9(3)17-14(18-13(11)16)10-6-5-8(2)12(15)7-10/h5-7H,4H2,1-3H3,(H2,16,17,18). The molecule has 0 saturated heterocycles. The Hall–Kier alpha value is -1.42. The fraction of sp³-hybridized carbons (Fsp3) is 0.286. The van der Waals surface area contributed by atoms with Crippen LogP contribution in [0.3, 0.4) is 0 Å². The number of nitrogens with two attached hydrogens (primary N) is 1. The number of anilines is 1. The van der Waals surface area contributed by atoms with Crippen LogP contribution >= 0.6 is 15.9 Å². The smallest absolute Gasteiger partial charge is 0.161 e. The van der Waals surface area contributed by atoms with E-state index in [1.165, 1.54) is 5.56 Å². The van der Waals surface area contributed by atoms with Crippen LogP contribution < -0.4 is 5.73 Å². The first-order chi connectivity index (χ1) is 8.52. The molecule has 2 rings (SSSR count). The average molecular weight is 306 g/mol. The zero-order valence-corrected chi connectivity index (χ0v) is 12.4. The van der Waals surface area contributed by atoms with Crippen molar-refractivity contribution in [2.24, 2.45) is 0 Å². The molecule has 2 N–H and O–H groups in total. The van der Waals surface area contributed by atoms with Crippen LogP contribution in [-0.2, 0) is 6.42 Å². The van der Waals surface area contributed by atoms with Crippen molar-refractivity contribution in [2.75, 3.05) is 5.73 Å². The Morgan fingerprint density at radius 1 is 1.22 bits per heavy atom. The molecule has 0 amide bonds. The summed E-state index contributed by atoms with van der Waals surface area (Å²) in [6.45, 7) is 6.09. The molecular weight excluding hydrogens is 290 g/mol. The van der Waals surface area contributed by atoms with E-state index in [9.17, 15) is 0 Å². The summed E-state index contributed by atoms with van der Waals surface area (Å²) in [5, 5.41) is 0. The molecule has 94 valence electrons. The van der Waals surface area contributed by atoms with Crippen LogP contribution in [0.25, 0.3) is 11.4 Å². The summed E-state index contributed by atoms with van der Waals surface area (Å²) < 4.78 is 1.05. The van der Waals surface area contributed by atoms with Crippen molar-refractivity contribution < 1.29 is 0 Å². The Kier molecular flexibility index (Phi) is 3.66. The van der Waals surface area contributed by atoms with Gasteiger partial charge >= 0.3 is 0 Å². The second-order valence-electron chi connectivity index (χ2n) is 4.31. The van der Waals surface area contributed by atoms with Gasteiger partial charge in [-0.15, -0.1) is 0 Å². The first kappa shape index (κ1) is 13.0. The highest BCUT2D eigenvalue weighted by Gasteiger charge is 2.09. The lowest BCUT2D eigenvalue weighted by molar-refractivity contribution is 1.01. The Morgan fingerprint density at radius 3 is 2.50 bits per heavy atom. The van der Waals surface area contributed by atoms with E-state index in [1.54, 1.807) is 0 Å². The third kappa shape index (κ3) is 2.38. The zero-order chi connectivity index (χ0) is 13.3. The number of hydrogen-bond donors (Lipinski definition) is 1. The molecular formula is C14H16BrN3. The number of aryl methyl sites for hydroxylation is 2. The van der Waals surface area contributed by atoms with E-state index in [0.717, 1.165) is 27.7 Å². The summed E-state index contributed by atoms with van der Waals surface area (Å²) in [5.41, 5.74) is 10.1. The van der Waals surface area contributed by atoms with Crippen molar-refractivity contribution >= 4 is 21.7 Å². The van der Waals surface area contributed by atoms with E-state index in [-0.39, 0.29) is 0 Å². The number of nitrogen functional groups attached to an aromatic ring is 1. The van der Waals surface area contributed by atoms with Crippen LogP contribution in [0.15, 0.2) is 22.7 Å². The van der Waals surface area contributed by atoms with Crippen LogP contribution in [0.1, 0.15) is 23.7 Å². The van der Waals surface area contributed by atoms with Gasteiger partial charge in [-0.05, 0) is 31.9 Å². The Bertz CT molecular complexity index is 571. The van der Waals surface area contributed by atoms with E-state index >= 15 is 0 Å². The minimum atomic E-state index is 0.580. The maximum atomic E-state index is 5.98. The number of benzene rings is 1. The predicted octanol–water partition coefficient (Wildman–Crippen LogP) is 3.67. The fourth-order valence-electron chi connectivity index (χ4n) is 1.92. The predicted molar refractivity (Wildman–Crippen MR) is 78.4 cm³/mol. The van der Waals surface area contributed by atoms with Gasteiger partial charge in [-0.1, -0.05) is 35.0 Å². The highest BCUT2D eigenvalue weighted by Crippen LogP contribution is 2.25. The lowest BCUT2D eigenvalue weighted by Gasteiger charge is -2.09. The number of nitrogens with zero attached hydrogens (tertiary/aromatic N) is 2. The minimum absolute atomic E-state index is 0.580. The van der Waals surface area contributed by atoms with Crippen molar-refractivity contribution in [1.82, 2.24) is 9.97 Å². The molecule has 0 radical (unpaired) electrons. The quantitative estimate of drug-likeness (QED) is 0.921. The van der Waals surface area contributed by atoms with Crippen molar-refractivity contribution in [3.05, 3.63) is 39.5 Å². The first-order valence-electron chi connectivity index (χ1n) is 5.92. The average Bonchev–Trinajstić information content (AvgIpc) is 2.32. The van der Waals surface area contributed by atoms with Crippen molar-refractivity contribution in [3.8, 4) is 11.4 Å². The largest absolute Gasteiger partial charge is 0.383 e. The molecule has 0 bridgehead atoms. The number of rotatable bonds is 2. The minimum Gasteiger partial charge on any atom is -0.383 e. The normalized spacial score (nSPS) is 10.7. The van der Waals surface area contributed by atoms with E-state index < -0.39 is 0 Å². The second kappa shape index (κ2) is 5.06. The summed E-state index contributed by atoms with van der Waals surface area (Å²) in [6, 6.07) is 6.08. The fourth-order valence-corrected chi connectivity index (χ4v) is 2.30. The summed E-state index contributed by atoms with van der Waals surface area (Å²) in [5.74, 6) is 1.26. The van der Waals surface area contributed by atoms with Gasteiger partial charge in [-0.25, -0.2) is 9.97 Å². The van der Waals surface area contributed by atoms with Crippen molar-refractivity contribution in [2.45, 2.75) is 27.2 Å². The summed E-state index contributed by atoms with van der Waals surface area (Å²) in [4.78, 5) is 8.93. The van der Waals surface area contributed by atoms with Gasteiger partial charge in [0.2, 0.25) is 0 Å². The monoisotopic (exact) mass is 305 g/mol. The van der Waals surface area contributed by atoms with Gasteiger partial charge in [-0.3, -0.25) is 0 Å². The zero-order valence-electron chi connectivity index (χ0n) is 10.8. The van der Waals surface area contributed by atoms with Gasteiger partial charge < -0.3 is 5.73 Å². The molecule has 18 heavy (non-hydrogen) atoms. The molecule has 4 heteroatoms. The molecule has 3 nitrogen and oxygen atoms in total. The van der Waals surface area contributed by atoms with Crippen LogP contribution in [0, 0.1) is 13.8 Å². The van der Waals surface area contributed by atoms with E-state index in [2.05, 4.69) is 39.7 Å². The molecule has 1 aromatic carbocycles. The van der Waals surface area contributed by atoms with Crippen molar-refractivity contribution in [1.29, 1.82) is 0 Å². The SMILES string of the molecule is CCc1c(C)nc(-c2ccc(C)c(Br)c2)nc1N. The van der Waals surface area contributed by atoms with Gasteiger partial charge in [-0.2, -0.15) is 0 Å². The summed E-state index contributed by atoms with van der Waals surface area (Å²) >= 11 is 3.52. The highest BCUT2D eigenvalue weighted by atomic mass is 79.9. The molecule has 0 fully saturated rings. The molecule has 0 spiro atoms. The molecule has 0 atom stereocenters. The van der Waals surface area contributed by atoms with E-state index in [0.29, 0.717) is 11.6 Å². The number of hydrogen-bond acceptors (Lipinski definition) is 3. The lowest BCUT2D eigenvalue weighted by atomic mass is 10.1. The molecule has 0 aliphatic rings. The molecule has 0 unspecified atom stereocenters. The van der Waals surface area contributed by atoms with Crippen LogP contribution in [0.2, 0.25) is 0 Å². The maximum Gasteiger partial charge on any atom is 0.161 e. The van der Waals surface area contributed by atoms with Gasteiger partial charge in [0.15, 0.2) is 5.82 Å². The van der Waals surface area contributed by atoms with Gasteiger partial charge in [0, 0.05) is 21.3 Å². The van der Waals surface area contributed by atoms with E-state index in [4.69, 9.17) is 5.73 Å². The van der Waals surface area contributed by atoms with Gasteiger partial charge in [0.05, 0.1) is 0 Å². The lowest BCUT2D eigenvalue weighted by Crippen LogP contribution is -2.04. The van der Waals surface area contributed by atoms with Gasteiger partial charge in [0.1, 0.15) is 5.82 Å². The third-order valence-corrected chi connectivity index (χ3v) is 3.88. The molecule has 0 aliphatic carbocycles. The van der Waals surface area contributed by atoms with Crippen molar-refractivity contribution in [3.63, 3.8) is 0 Å². The van der Waals surface area contributed by atoms with Gasteiger partial charge in [0.25, 0.3) is 0 Å². The molecule has 1 heterocycles. The van der Waals surface area contributed by atoms with Crippen LogP contribution in [-0.4, -0.2) is 9.97 Å². The topological polar surface area (TPSA) is 51.8 Å². The number of aromatic nitrogens is 2. The third-order valence-electron chi connectivity index (χ3n) is 3.03. The maximum absolute atomic E-state index is 5.98. The molecule has 1 aromatic heterocycles. The Morgan fingerprint density at radius 2 is 1.94 bits per heavy atom. The molecule has 2 aromatic rings. The number of halogens is 1. The first-order valence-corrected chi connectivity index (χ1v) is 6.71. The highest BCUT2D eigenvalue weighted by molar-refractivity contribution is 9.10. The Balaban J connectivity index is 2.54. The molecule has 0 saturated carbocycles. The molecule has 0 aliphatic heterocycles. The van der Waals surface area contributed by atoms with Crippen LogP contribution in [0.5, 0.6) is 0 Å². The summed E-state index contributed by atoms with van der Waals surface area (Å²) in [7, 11) is 0. The second-order valence-corrected chi connectivity index (χ2v) is 5.17. The Labute approximate surface area is 116 Å². The van der Waals surface area contributed by atoms with E-state index in [1.807, 2.05) is 25.1 Å².